The number of benzene rings is 1. The molecule has 6 heteroatoms. The zero-order valence-corrected chi connectivity index (χ0v) is 11.8. The third-order valence-electron chi connectivity index (χ3n) is 4.07. The van der Waals surface area contributed by atoms with Crippen LogP contribution in [0.25, 0.3) is 0 Å². The summed E-state index contributed by atoms with van der Waals surface area (Å²) in [5, 5.41) is 14.0. The number of rotatable bonds is 5. The SMILES string of the molecule is O=C1C(NC2CC2)CCCN1Cc1ccc([N+](=O)[O-])cc1. The molecule has 1 atom stereocenters. The van der Waals surface area contributed by atoms with Gasteiger partial charge in [-0.2, -0.15) is 0 Å². The van der Waals surface area contributed by atoms with Crippen molar-refractivity contribution in [2.24, 2.45) is 0 Å². The van der Waals surface area contributed by atoms with Gasteiger partial charge >= 0.3 is 0 Å². The van der Waals surface area contributed by atoms with E-state index in [1.54, 1.807) is 12.1 Å². The van der Waals surface area contributed by atoms with E-state index in [0.717, 1.165) is 24.9 Å². The summed E-state index contributed by atoms with van der Waals surface area (Å²) >= 11 is 0. The molecule has 21 heavy (non-hydrogen) atoms. The van der Waals surface area contributed by atoms with Crippen LogP contribution in [0.1, 0.15) is 31.2 Å². The average Bonchev–Trinajstić information content (AvgIpc) is 3.28. The number of nitrogens with one attached hydrogen (secondary N) is 1. The molecule has 0 aromatic heterocycles. The number of amides is 1. The molecular weight excluding hydrogens is 270 g/mol. The summed E-state index contributed by atoms with van der Waals surface area (Å²) in [6, 6.07) is 6.91. The zero-order chi connectivity index (χ0) is 14.8. The summed E-state index contributed by atoms with van der Waals surface area (Å²) in [6.07, 6.45) is 4.26. The van der Waals surface area contributed by atoms with Crippen LogP contribution in [0.2, 0.25) is 0 Å². The molecule has 1 aliphatic carbocycles. The summed E-state index contributed by atoms with van der Waals surface area (Å²) in [6.45, 7) is 1.29. The van der Waals surface area contributed by atoms with Crippen LogP contribution >= 0.6 is 0 Å². The van der Waals surface area contributed by atoms with E-state index in [2.05, 4.69) is 5.32 Å². The Morgan fingerprint density at radius 2 is 1.95 bits per heavy atom. The molecule has 1 aromatic carbocycles. The fourth-order valence-corrected chi connectivity index (χ4v) is 2.73. The minimum Gasteiger partial charge on any atom is -0.337 e. The van der Waals surface area contributed by atoms with Crippen LogP contribution in [0.3, 0.4) is 0 Å². The molecule has 0 radical (unpaired) electrons. The summed E-state index contributed by atoms with van der Waals surface area (Å²) < 4.78 is 0. The van der Waals surface area contributed by atoms with Gasteiger partial charge in [0, 0.05) is 31.3 Å². The standard InChI is InChI=1S/C15H19N3O3/c19-15-14(16-12-5-6-12)2-1-9-17(15)10-11-3-7-13(8-4-11)18(20)21/h3-4,7-8,12,14,16H,1-2,5-6,9-10H2. The van der Waals surface area contributed by atoms with E-state index in [1.165, 1.54) is 25.0 Å². The second kappa shape index (κ2) is 5.81. The van der Waals surface area contributed by atoms with Crippen LogP contribution in [0, 0.1) is 10.1 Å². The zero-order valence-electron chi connectivity index (χ0n) is 11.8. The van der Waals surface area contributed by atoms with Gasteiger partial charge in [0.2, 0.25) is 5.91 Å². The third-order valence-corrected chi connectivity index (χ3v) is 4.07. The highest BCUT2D eigenvalue weighted by molar-refractivity contribution is 5.82. The van der Waals surface area contributed by atoms with Crippen molar-refractivity contribution >= 4 is 11.6 Å². The quantitative estimate of drug-likeness (QED) is 0.663. The Morgan fingerprint density at radius 1 is 1.24 bits per heavy atom. The first-order valence-electron chi connectivity index (χ1n) is 7.41. The number of carbonyl (C=O) groups is 1. The Hall–Kier alpha value is -1.95. The maximum atomic E-state index is 12.4. The number of hydrogen-bond donors (Lipinski definition) is 1. The van der Waals surface area contributed by atoms with Gasteiger partial charge in [-0.1, -0.05) is 12.1 Å². The Kier molecular flexibility index (Phi) is 3.88. The van der Waals surface area contributed by atoms with E-state index in [9.17, 15) is 14.9 Å². The molecule has 112 valence electrons. The lowest BCUT2D eigenvalue weighted by Gasteiger charge is -2.33. The van der Waals surface area contributed by atoms with E-state index in [1.807, 2.05) is 4.90 Å². The van der Waals surface area contributed by atoms with Gasteiger partial charge in [0.1, 0.15) is 0 Å². The molecule has 1 saturated heterocycles. The molecule has 1 amide bonds. The maximum Gasteiger partial charge on any atom is 0.269 e. The van der Waals surface area contributed by atoms with E-state index in [-0.39, 0.29) is 17.6 Å². The second-order valence-corrected chi connectivity index (χ2v) is 5.82. The monoisotopic (exact) mass is 289 g/mol. The molecule has 1 saturated carbocycles. The Morgan fingerprint density at radius 3 is 2.57 bits per heavy atom. The number of nitrogens with zero attached hydrogens (tertiary/aromatic N) is 2. The van der Waals surface area contributed by atoms with Gasteiger partial charge in [0.15, 0.2) is 0 Å². The smallest absolute Gasteiger partial charge is 0.269 e. The molecule has 0 bridgehead atoms. The minimum absolute atomic E-state index is 0.0516. The highest BCUT2D eigenvalue weighted by Crippen LogP contribution is 2.23. The van der Waals surface area contributed by atoms with Crippen LogP contribution < -0.4 is 5.32 Å². The molecule has 1 aromatic rings. The van der Waals surface area contributed by atoms with Gasteiger partial charge in [0.05, 0.1) is 11.0 Å². The van der Waals surface area contributed by atoms with Crippen molar-refractivity contribution in [3.63, 3.8) is 0 Å². The number of non-ortho nitro benzene ring substituents is 1. The van der Waals surface area contributed by atoms with Crippen LogP contribution in [-0.2, 0) is 11.3 Å². The molecule has 1 N–H and O–H groups in total. The fraction of sp³-hybridized carbons (Fsp3) is 0.533. The van der Waals surface area contributed by atoms with Crippen molar-refractivity contribution in [2.75, 3.05) is 6.54 Å². The number of nitro benzene ring substituents is 1. The molecule has 2 fully saturated rings. The van der Waals surface area contributed by atoms with Crippen LogP contribution in [0.15, 0.2) is 24.3 Å². The van der Waals surface area contributed by atoms with E-state index >= 15 is 0 Å². The van der Waals surface area contributed by atoms with Crippen molar-refractivity contribution in [3.05, 3.63) is 39.9 Å². The van der Waals surface area contributed by atoms with Gasteiger partial charge in [0.25, 0.3) is 5.69 Å². The summed E-state index contributed by atoms with van der Waals surface area (Å²) in [5.41, 5.74) is 1.01. The highest BCUT2D eigenvalue weighted by atomic mass is 16.6. The lowest BCUT2D eigenvalue weighted by molar-refractivity contribution is -0.384. The molecule has 2 aliphatic rings. The highest BCUT2D eigenvalue weighted by Gasteiger charge is 2.33. The van der Waals surface area contributed by atoms with Crippen molar-refractivity contribution in [2.45, 2.75) is 44.3 Å². The molecular formula is C15H19N3O3. The second-order valence-electron chi connectivity index (χ2n) is 5.82. The predicted octanol–water partition coefficient (Wildman–Crippen LogP) is 1.84. The summed E-state index contributed by atoms with van der Waals surface area (Å²) in [4.78, 5) is 24.5. The van der Waals surface area contributed by atoms with Crippen molar-refractivity contribution < 1.29 is 9.72 Å². The van der Waals surface area contributed by atoms with Crippen molar-refractivity contribution in [1.82, 2.24) is 10.2 Å². The first-order chi connectivity index (χ1) is 10.1. The normalized spacial score (nSPS) is 22.4. The first-order valence-corrected chi connectivity index (χ1v) is 7.41. The summed E-state index contributed by atoms with van der Waals surface area (Å²) in [5.74, 6) is 0.159. The molecule has 6 nitrogen and oxygen atoms in total. The molecule has 1 aliphatic heterocycles. The Bertz CT molecular complexity index is 540. The largest absolute Gasteiger partial charge is 0.337 e. The van der Waals surface area contributed by atoms with Gasteiger partial charge in [-0.3, -0.25) is 14.9 Å². The molecule has 3 rings (SSSR count). The number of nitro groups is 1. The van der Waals surface area contributed by atoms with Gasteiger partial charge in [-0.05, 0) is 31.2 Å². The average molecular weight is 289 g/mol. The van der Waals surface area contributed by atoms with E-state index in [4.69, 9.17) is 0 Å². The minimum atomic E-state index is -0.411. The Balaban J connectivity index is 1.62. The number of piperidine rings is 1. The maximum absolute atomic E-state index is 12.4. The van der Waals surface area contributed by atoms with Gasteiger partial charge in [-0.15, -0.1) is 0 Å². The third kappa shape index (κ3) is 3.39. The number of hydrogen-bond acceptors (Lipinski definition) is 4. The predicted molar refractivity (Wildman–Crippen MR) is 77.7 cm³/mol. The van der Waals surface area contributed by atoms with Crippen LogP contribution in [-0.4, -0.2) is 34.4 Å². The topological polar surface area (TPSA) is 75.5 Å². The van der Waals surface area contributed by atoms with E-state index < -0.39 is 4.92 Å². The van der Waals surface area contributed by atoms with Crippen molar-refractivity contribution in [3.8, 4) is 0 Å². The first kappa shape index (κ1) is 14.0. The van der Waals surface area contributed by atoms with Gasteiger partial charge in [-0.25, -0.2) is 0 Å². The summed E-state index contributed by atoms with van der Waals surface area (Å²) in [7, 11) is 0. The lowest BCUT2D eigenvalue weighted by atomic mass is 10.0. The van der Waals surface area contributed by atoms with Crippen LogP contribution in [0.4, 0.5) is 5.69 Å². The lowest BCUT2D eigenvalue weighted by Crippen LogP contribution is -2.50. The fourth-order valence-electron chi connectivity index (χ4n) is 2.73. The number of likely N-dealkylation sites (tertiary alicyclic amines) is 1. The van der Waals surface area contributed by atoms with Crippen molar-refractivity contribution in [1.29, 1.82) is 0 Å². The molecule has 1 unspecified atom stereocenters. The van der Waals surface area contributed by atoms with Crippen LogP contribution in [0.5, 0.6) is 0 Å². The van der Waals surface area contributed by atoms with E-state index in [0.29, 0.717) is 12.6 Å². The Labute approximate surface area is 123 Å². The van der Waals surface area contributed by atoms with Gasteiger partial charge < -0.3 is 10.2 Å². The molecule has 1 heterocycles. The molecule has 0 spiro atoms. The number of carbonyl (C=O) groups excluding carboxylic acids is 1.